The van der Waals surface area contributed by atoms with E-state index in [0.717, 1.165) is 34.8 Å². The predicted molar refractivity (Wildman–Crippen MR) is 171 cm³/mol. The maximum Gasteiger partial charge on any atom is 0.399 e. The molecule has 2 saturated heterocycles. The molecule has 2 aromatic carbocycles. The third kappa shape index (κ3) is 6.97. The summed E-state index contributed by atoms with van der Waals surface area (Å²) in [5, 5.41) is 3.19. The normalized spacial score (nSPS) is 20.3. The number of carbonyl (C=O) groups is 3. The molecule has 5 rings (SSSR count). The fraction of sp³-hybridized carbons (Fsp3) is 0.452. The number of benzene rings is 2. The number of thiophene rings is 1. The molecule has 2 aliphatic rings. The highest BCUT2D eigenvalue weighted by Gasteiger charge is 2.50. The number of alkyl halides is 2. The molecular weight excluding hydrogens is 643 g/mol. The molecule has 14 heteroatoms. The number of rotatable bonds is 7. The van der Waals surface area contributed by atoms with Crippen molar-refractivity contribution < 1.29 is 37.5 Å². The van der Waals surface area contributed by atoms with Gasteiger partial charge in [-0.3, -0.25) is 18.9 Å². The Kier molecular flexibility index (Phi) is 9.50. The van der Waals surface area contributed by atoms with Crippen LogP contribution in [0.5, 0.6) is 0 Å². The van der Waals surface area contributed by atoms with E-state index in [0.29, 0.717) is 37.2 Å². The Labute approximate surface area is 268 Å². The third-order valence-electron chi connectivity index (χ3n) is 8.21. The summed E-state index contributed by atoms with van der Waals surface area (Å²) < 4.78 is 40.4. The number of hydrogen-bond acceptors (Lipinski definition) is 6. The van der Waals surface area contributed by atoms with Gasteiger partial charge in [-0.25, -0.2) is 0 Å². The van der Waals surface area contributed by atoms with Gasteiger partial charge in [0.25, 0.3) is 5.91 Å². The van der Waals surface area contributed by atoms with Crippen LogP contribution in [0.3, 0.4) is 0 Å². The van der Waals surface area contributed by atoms with Crippen LogP contribution >= 0.6 is 30.7 Å². The van der Waals surface area contributed by atoms with Crippen molar-refractivity contribution in [3.63, 3.8) is 0 Å². The molecule has 3 heterocycles. The fourth-order valence-corrected chi connectivity index (χ4v) is 8.41. The molecule has 3 atom stereocenters. The Morgan fingerprint density at radius 1 is 1.04 bits per heavy atom. The number of thioether (sulfide) groups is 1. The van der Waals surface area contributed by atoms with Gasteiger partial charge in [-0.15, -0.1) is 11.3 Å². The molecule has 3 N–H and O–H groups in total. The van der Waals surface area contributed by atoms with Crippen LogP contribution in [0.2, 0.25) is 0 Å². The standard InChI is InChI=1S/C31H36F2N3O6PS2/c1-30(2,3)26(34-27(37)24-17-20-16-21(11-12-23(20)45-24)31(32,33)43(40,41)42)29(39)36-13-7-10-22(36)28(38)35-14-15-44-25(18-35)19-8-5-4-6-9-19/h4-6,8-9,11-12,16-17,22,25-26H,7,10,13-15,18H2,1-3H3,(H,34,37)(H2,40,41,42)/t22-,25?,26+/m0/s1. The summed E-state index contributed by atoms with van der Waals surface area (Å²) in [5.41, 5.74) is -4.81. The van der Waals surface area contributed by atoms with Gasteiger partial charge in [-0.2, -0.15) is 20.5 Å². The Morgan fingerprint density at radius 3 is 2.42 bits per heavy atom. The lowest BCUT2D eigenvalue weighted by Gasteiger charge is -2.38. The molecule has 1 unspecified atom stereocenters. The molecular formula is C31H36F2N3O6PS2. The van der Waals surface area contributed by atoms with Crippen molar-refractivity contribution in [2.75, 3.05) is 25.4 Å². The molecule has 0 spiro atoms. The summed E-state index contributed by atoms with van der Waals surface area (Å²) in [6, 6.07) is 12.9. The third-order valence-corrected chi connectivity index (χ3v) is 11.6. The van der Waals surface area contributed by atoms with Crippen LogP contribution in [0.25, 0.3) is 10.1 Å². The van der Waals surface area contributed by atoms with E-state index in [-0.39, 0.29) is 27.3 Å². The van der Waals surface area contributed by atoms with Gasteiger partial charge in [0, 0.05) is 40.9 Å². The van der Waals surface area contributed by atoms with Crippen molar-refractivity contribution in [1.82, 2.24) is 15.1 Å². The average molecular weight is 680 g/mol. The number of fused-ring (bicyclic) bond motifs is 1. The second-order valence-electron chi connectivity index (χ2n) is 12.5. The van der Waals surface area contributed by atoms with Crippen LogP contribution in [0.15, 0.2) is 54.6 Å². The van der Waals surface area contributed by atoms with Crippen molar-refractivity contribution in [3.8, 4) is 0 Å². The summed E-state index contributed by atoms with van der Waals surface area (Å²) in [5.74, 6) is -0.246. The summed E-state index contributed by atoms with van der Waals surface area (Å²) >= 11 is 2.82. The molecule has 0 radical (unpaired) electrons. The largest absolute Gasteiger partial charge is 0.399 e. The van der Waals surface area contributed by atoms with E-state index in [1.807, 2.05) is 55.6 Å². The Hall–Kier alpha value is -2.83. The molecule has 0 bridgehead atoms. The number of likely N-dealkylation sites (tertiary alicyclic amines) is 1. The van der Waals surface area contributed by atoms with Crippen LogP contribution in [-0.2, 0) is 19.8 Å². The number of nitrogens with one attached hydrogen (secondary N) is 1. The van der Waals surface area contributed by atoms with Crippen molar-refractivity contribution in [2.24, 2.45) is 5.41 Å². The van der Waals surface area contributed by atoms with E-state index < -0.39 is 42.2 Å². The van der Waals surface area contributed by atoms with Crippen LogP contribution in [0.1, 0.15) is 59.7 Å². The topological polar surface area (TPSA) is 127 Å². The predicted octanol–water partition coefficient (Wildman–Crippen LogP) is 5.58. The van der Waals surface area contributed by atoms with E-state index in [1.54, 1.807) is 4.90 Å². The molecule has 1 aromatic heterocycles. The van der Waals surface area contributed by atoms with Gasteiger partial charge in [-0.1, -0.05) is 57.2 Å². The molecule has 3 amide bonds. The van der Waals surface area contributed by atoms with Crippen molar-refractivity contribution in [1.29, 1.82) is 0 Å². The van der Waals surface area contributed by atoms with Gasteiger partial charge in [0.1, 0.15) is 12.1 Å². The lowest BCUT2D eigenvalue weighted by Crippen LogP contribution is -2.58. The minimum absolute atomic E-state index is 0.0894. The van der Waals surface area contributed by atoms with Crippen LogP contribution in [0, 0.1) is 5.41 Å². The fourth-order valence-electron chi connectivity index (χ4n) is 5.74. The van der Waals surface area contributed by atoms with Gasteiger partial charge in [-0.05, 0) is 47.4 Å². The quantitative estimate of drug-likeness (QED) is 0.279. The van der Waals surface area contributed by atoms with E-state index in [9.17, 15) is 27.7 Å². The van der Waals surface area contributed by atoms with Crippen molar-refractivity contribution >= 4 is 58.5 Å². The molecule has 9 nitrogen and oxygen atoms in total. The summed E-state index contributed by atoms with van der Waals surface area (Å²) in [7, 11) is -5.76. The minimum Gasteiger partial charge on any atom is -0.339 e. The highest BCUT2D eigenvalue weighted by atomic mass is 32.2. The van der Waals surface area contributed by atoms with Gasteiger partial charge in [0.2, 0.25) is 11.8 Å². The highest BCUT2D eigenvalue weighted by Crippen LogP contribution is 2.59. The zero-order valence-corrected chi connectivity index (χ0v) is 27.6. The molecule has 2 fully saturated rings. The maximum absolute atomic E-state index is 14.3. The first-order valence-electron chi connectivity index (χ1n) is 14.6. The monoisotopic (exact) mass is 679 g/mol. The number of halogens is 2. The lowest BCUT2D eigenvalue weighted by molar-refractivity contribution is -0.146. The first kappa shape index (κ1) is 33.5. The van der Waals surface area contributed by atoms with Gasteiger partial charge >= 0.3 is 13.3 Å². The minimum atomic E-state index is -5.76. The first-order chi connectivity index (χ1) is 21.1. The summed E-state index contributed by atoms with van der Waals surface area (Å²) in [6.45, 7) is 6.99. The summed E-state index contributed by atoms with van der Waals surface area (Å²) in [6.07, 6.45) is 1.20. The molecule has 0 saturated carbocycles. The zero-order chi connectivity index (χ0) is 32.7. The number of nitrogens with zero attached hydrogens (tertiary/aromatic N) is 2. The average Bonchev–Trinajstić information content (AvgIpc) is 3.66. The second-order valence-corrected chi connectivity index (χ2v) is 16.5. The number of carbonyl (C=O) groups excluding carboxylic acids is 3. The molecule has 3 aromatic rings. The second kappa shape index (κ2) is 12.8. The Balaban J connectivity index is 1.32. The molecule has 0 aliphatic carbocycles. The Bertz CT molecular complexity index is 1640. The molecule has 242 valence electrons. The van der Waals surface area contributed by atoms with Crippen molar-refractivity contribution in [2.45, 2.75) is 56.6 Å². The van der Waals surface area contributed by atoms with E-state index >= 15 is 0 Å². The molecule has 2 aliphatic heterocycles. The SMILES string of the molecule is CC(C)(C)[C@H](NC(=O)c1cc2cc(C(F)(F)P(=O)(O)O)ccc2s1)C(=O)N1CCC[C@H]1C(=O)N1CCSC(c2ccccc2)C1. The number of amides is 3. The van der Waals surface area contributed by atoms with Crippen LogP contribution in [-0.4, -0.2) is 74.8 Å². The van der Waals surface area contributed by atoms with E-state index in [1.165, 1.54) is 12.1 Å². The lowest BCUT2D eigenvalue weighted by atomic mass is 9.85. The van der Waals surface area contributed by atoms with Gasteiger partial charge < -0.3 is 24.9 Å². The Morgan fingerprint density at radius 2 is 1.76 bits per heavy atom. The van der Waals surface area contributed by atoms with E-state index in [4.69, 9.17) is 9.79 Å². The summed E-state index contributed by atoms with van der Waals surface area (Å²) in [4.78, 5) is 63.1. The van der Waals surface area contributed by atoms with E-state index in [2.05, 4.69) is 17.4 Å². The zero-order valence-electron chi connectivity index (χ0n) is 25.1. The van der Waals surface area contributed by atoms with Gasteiger partial charge in [0.15, 0.2) is 0 Å². The number of hydrogen-bond donors (Lipinski definition) is 3. The molecule has 45 heavy (non-hydrogen) atoms. The van der Waals surface area contributed by atoms with Crippen molar-refractivity contribution in [3.05, 3.63) is 70.6 Å². The van der Waals surface area contributed by atoms with Crippen LogP contribution < -0.4 is 5.32 Å². The first-order valence-corrected chi connectivity index (χ1v) is 18.1. The van der Waals surface area contributed by atoms with Crippen LogP contribution in [0.4, 0.5) is 8.78 Å². The van der Waals surface area contributed by atoms with Gasteiger partial charge in [0.05, 0.1) is 4.88 Å². The maximum atomic E-state index is 14.3. The smallest absolute Gasteiger partial charge is 0.339 e. The highest BCUT2D eigenvalue weighted by molar-refractivity contribution is 7.99.